The lowest BCUT2D eigenvalue weighted by Gasteiger charge is -2.32. The summed E-state index contributed by atoms with van der Waals surface area (Å²) >= 11 is 0. The van der Waals surface area contributed by atoms with Crippen LogP contribution in [0.15, 0.2) is 41.3 Å². The van der Waals surface area contributed by atoms with Crippen LogP contribution in [0.3, 0.4) is 0 Å². The molecule has 2 aromatic rings. The smallest absolute Gasteiger partial charge is 0.338 e. The van der Waals surface area contributed by atoms with Crippen molar-refractivity contribution in [2.24, 2.45) is 0 Å². The number of esters is 1. The predicted molar refractivity (Wildman–Crippen MR) is 125 cm³/mol. The molecule has 1 N–H and O–H groups in total. The Morgan fingerprint density at radius 1 is 1.12 bits per heavy atom. The summed E-state index contributed by atoms with van der Waals surface area (Å²) in [5.41, 5.74) is 2.08. The number of nitrogens with one attached hydrogen (secondary N) is 1. The third-order valence-corrected chi connectivity index (χ3v) is 7.75. The monoisotopic (exact) mass is 474 g/mol. The number of sulfonamides is 1. The summed E-state index contributed by atoms with van der Waals surface area (Å²) in [5.74, 6) is -0.806. The fourth-order valence-corrected chi connectivity index (χ4v) is 5.59. The lowest BCUT2D eigenvalue weighted by Crippen LogP contribution is -2.41. The number of anilines is 1. The van der Waals surface area contributed by atoms with Crippen LogP contribution in [0, 0.1) is 13.8 Å². The highest BCUT2D eigenvalue weighted by atomic mass is 32.2. The van der Waals surface area contributed by atoms with Crippen molar-refractivity contribution in [1.29, 1.82) is 0 Å². The highest BCUT2D eigenvalue weighted by Gasteiger charge is 2.31. The van der Waals surface area contributed by atoms with Gasteiger partial charge in [-0.05, 0) is 69.0 Å². The first-order valence-corrected chi connectivity index (χ1v) is 12.3. The molecule has 178 valence electrons. The zero-order chi connectivity index (χ0) is 24.2. The van der Waals surface area contributed by atoms with Gasteiger partial charge in [0.25, 0.3) is 5.91 Å². The fourth-order valence-electron chi connectivity index (χ4n) is 3.86. The summed E-state index contributed by atoms with van der Waals surface area (Å²) in [6, 6.07) is 9.64. The molecule has 33 heavy (non-hydrogen) atoms. The number of ether oxygens (including phenoxy) is 2. The molecule has 0 aliphatic carbocycles. The average Bonchev–Trinajstić information content (AvgIpc) is 2.78. The first-order valence-electron chi connectivity index (χ1n) is 10.9. The van der Waals surface area contributed by atoms with Gasteiger partial charge < -0.3 is 14.8 Å². The molecule has 1 heterocycles. The highest BCUT2D eigenvalue weighted by molar-refractivity contribution is 7.89. The van der Waals surface area contributed by atoms with Crippen LogP contribution >= 0.6 is 0 Å². The molecule has 0 spiro atoms. The van der Waals surface area contributed by atoms with Gasteiger partial charge in [-0.2, -0.15) is 4.31 Å². The van der Waals surface area contributed by atoms with Crippen molar-refractivity contribution < 1.29 is 27.5 Å². The molecule has 3 rings (SSSR count). The van der Waals surface area contributed by atoms with Crippen LogP contribution in [0.4, 0.5) is 5.69 Å². The maximum atomic E-state index is 13.1. The summed E-state index contributed by atoms with van der Waals surface area (Å²) in [4.78, 5) is 25.1. The zero-order valence-electron chi connectivity index (χ0n) is 19.4. The Kier molecular flexibility index (Phi) is 7.76. The van der Waals surface area contributed by atoms with E-state index in [0.717, 1.165) is 24.8 Å². The Morgan fingerprint density at radius 3 is 2.58 bits per heavy atom. The topological polar surface area (TPSA) is 102 Å². The van der Waals surface area contributed by atoms with E-state index in [1.807, 2.05) is 19.9 Å². The van der Waals surface area contributed by atoms with Crippen LogP contribution in [0.5, 0.6) is 5.75 Å². The summed E-state index contributed by atoms with van der Waals surface area (Å²) in [6.45, 7) is 5.40. The van der Waals surface area contributed by atoms with Crippen molar-refractivity contribution in [2.45, 2.75) is 51.0 Å². The standard InChI is InChI=1S/C24H30N2O6S/c1-16-8-11-22(31-4)21(13-16)25-23(27)15-32-24(28)20-14-19(10-9-17(20)2)33(29,30)26-12-6-5-7-18(26)3/h8-11,13-14,18H,5-7,12,15H2,1-4H3,(H,25,27). The number of benzene rings is 2. The maximum absolute atomic E-state index is 13.1. The van der Waals surface area contributed by atoms with Gasteiger partial charge in [0.2, 0.25) is 10.0 Å². The van der Waals surface area contributed by atoms with E-state index >= 15 is 0 Å². The van der Waals surface area contributed by atoms with Crippen molar-refractivity contribution >= 4 is 27.6 Å². The first-order chi connectivity index (χ1) is 15.6. The van der Waals surface area contributed by atoms with Crippen LogP contribution in [-0.4, -0.2) is 50.9 Å². The molecule has 1 amide bonds. The minimum absolute atomic E-state index is 0.0442. The van der Waals surface area contributed by atoms with Crippen LogP contribution in [0.25, 0.3) is 0 Å². The number of methoxy groups -OCH3 is 1. The Balaban J connectivity index is 1.71. The lowest BCUT2D eigenvalue weighted by atomic mass is 10.1. The molecule has 1 aliphatic heterocycles. The van der Waals surface area contributed by atoms with Gasteiger partial charge >= 0.3 is 5.97 Å². The van der Waals surface area contributed by atoms with Gasteiger partial charge in [-0.1, -0.05) is 18.6 Å². The molecule has 0 bridgehead atoms. The number of aryl methyl sites for hydroxylation is 2. The molecule has 0 saturated carbocycles. The second-order valence-corrected chi connectivity index (χ2v) is 10.2. The maximum Gasteiger partial charge on any atom is 0.338 e. The molecule has 0 aromatic heterocycles. The predicted octanol–water partition coefficient (Wildman–Crippen LogP) is 3.67. The number of hydrogen-bond donors (Lipinski definition) is 1. The molecule has 1 saturated heterocycles. The van der Waals surface area contributed by atoms with E-state index in [4.69, 9.17) is 9.47 Å². The normalized spacial score (nSPS) is 16.8. The minimum Gasteiger partial charge on any atom is -0.495 e. The summed E-state index contributed by atoms with van der Waals surface area (Å²) in [5, 5.41) is 2.66. The molecular weight excluding hydrogens is 444 g/mol. The molecule has 0 radical (unpaired) electrons. The van der Waals surface area contributed by atoms with Crippen LogP contribution in [0.2, 0.25) is 0 Å². The molecule has 1 fully saturated rings. The second kappa shape index (κ2) is 10.4. The Hall–Kier alpha value is -2.91. The number of carbonyl (C=O) groups is 2. The summed E-state index contributed by atoms with van der Waals surface area (Å²) < 4.78 is 38.2. The van der Waals surface area contributed by atoms with Gasteiger partial charge in [0.1, 0.15) is 5.75 Å². The van der Waals surface area contributed by atoms with Crippen molar-refractivity contribution in [3.05, 3.63) is 53.1 Å². The Labute approximate surface area is 194 Å². The summed E-state index contributed by atoms with van der Waals surface area (Å²) in [7, 11) is -2.24. The zero-order valence-corrected chi connectivity index (χ0v) is 20.2. The Bertz CT molecular complexity index is 1150. The van der Waals surface area contributed by atoms with Gasteiger partial charge in [0, 0.05) is 12.6 Å². The van der Waals surface area contributed by atoms with Crippen molar-refractivity contribution in [1.82, 2.24) is 4.31 Å². The minimum atomic E-state index is -3.74. The molecule has 2 aromatic carbocycles. The highest BCUT2D eigenvalue weighted by Crippen LogP contribution is 2.27. The van der Waals surface area contributed by atoms with Gasteiger partial charge in [0.05, 0.1) is 23.3 Å². The van der Waals surface area contributed by atoms with Gasteiger partial charge in [-0.25, -0.2) is 13.2 Å². The van der Waals surface area contributed by atoms with Gasteiger partial charge in [0.15, 0.2) is 6.61 Å². The SMILES string of the molecule is COc1ccc(C)cc1NC(=O)COC(=O)c1cc(S(=O)(=O)N2CCCCC2C)ccc1C. The first kappa shape index (κ1) is 24.7. The third kappa shape index (κ3) is 5.72. The largest absolute Gasteiger partial charge is 0.495 e. The van der Waals surface area contributed by atoms with Crippen LogP contribution in [-0.2, 0) is 19.6 Å². The Morgan fingerprint density at radius 2 is 1.88 bits per heavy atom. The van der Waals surface area contributed by atoms with Crippen LogP contribution < -0.4 is 10.1 Å². The van der Waals surface area contributed by atoms with Crippen molar-refractivity contribution in [3.8, 4) is 5.75 Å². The number of rotatable bonds is 7. The number of amides is 1. The summed E-state index contributed by atoms with van der Waals surface area (Å²) in [6.07, 6.45) is 2.61. The van der Waals surface area contributed by atoms with E-state index < -0.39 is 28.5 Å². The molecule has 1 aliphatic rings. The second-order valence-electron chi connectivity index (χ2n) is 8.27. The third-order valence-electron chi connectivity index (χ3n) is 5.74. The van der Waals surface area contributed by atoms with E-state index in [-0.39, 0.29) is 16.5 Å². The molecule has 1 atom stereocenters. The van der Waals surface area contributed by atoms with Gasteiger partial charge in [-0.15, -0.1) is 0 Å². The number of piperidine rings is 1. The number of hydrogen-bond acceptors (Lipinski definition) is 6. The average molecular weight is 475 g/mol. The number of carbonyl (C=O) groups excluding carboxylic acids is 2. The van der Waals surface area contributed by atoms with E-state index in [0.29, 0.717) is 23.5 Å². The van der Waals surface area contributed by atoms with E-state index in [9.17, 15) is 18.0 Å². The molecule has 1 unspecified atom stereocenters. The van der Waals surface area contributed by atoms with Crippen molar-refractivity contribution in [3.63, 3.8) is 0 Å². The van der Waals surface area contributed by atoms with E-state index in [2.05, 4.69) is 5.32 Å². The van der Waals surface area contributed by atoms with E-state index in [1.54, 1.807) is 25.1 Å². The van der Waals surface area contributed by atoms with Crippen molar-refractivity contribution in [2.75, 3.05) is 25.6 Å². The molecule has 9 heteroatoms. The number of nitrogens with zero attached hydrogens (tertiary/aromatic N) is 1. The van der Waals surface area contributed by atoms with Crippen LogP contribution in [0.1, 0.15) is 47.7 Å². The van der Waals surface area contributed by atoms with E-state index in [1.165, 1.54) is 23.5 Å². The molecular formula is C24H30N2O6S. The fraction of sp³-hybridized carbons (Fsp3) is 0.417. The van der Waals surface area contributed by atoms with Gasteiger partial charge in [-0.3, -0.25) is 4.79 Å². The quantitative estimate of drug-likeness (QED) is 0.615. The molecule has 8 nitrogen and oxygen atoms in total. The lowest BCUT2D eigenvalue weighted by molar-refractivity contribution is -0.119.